The van der Waals surface area contributed by atoms with Crippen molar-refractivity contribution in [3.63, 3.8) is 0 Å². The van der Waals surface area contributed by atoms with Gasteiger partial charge in [0.1, 0.15) is 0 Å². The van der Waals surface area contributed by atoms with E-state index < -0.39 is 0 Å². The fourth-order valence-electron chi connectivity index (χ4n) is 3.70. The van der Waals surface area contributed by atoms with Crippen molar-refractivity contribution in [2.24, 2.45) is 16.3 Å². The smallest absolute Gasteiger partial charge is 0.225 e. The summed E-state index contributed by atoms with van der Waals surface area (Å²) in [5, 5.41) is 7.01. The zero-order chi connectivity index (χ0) is 18.1. The van der Waals surface area contributed by atoms with E-state index in [1.54, 1.807) is 14.2 Å². The number of ether oxygens (including phenoxy) is 1. The summed E-state index contributed by atoms with van der Waals surface area (Å²) in [7, 11) is 3.58. The van der Waals surface area contributed by atoms with E-state index in [-0.39, 0.29) is 28.9 Å². The van der Waals surface area contributed by atoms with Gasteiger partial charge in [0.2, 0.25) is 5.91 Å². The minimum atomic E-state index is -0.0998. The van der Waals surface area contributed by atoms with Gasteiger partial charge in [-0.15, -0.1) is 0 Å². The number of hydrogen-bond donors (Lipinski definition) is 2. The number of carbonyl (C=O) groups is 1. The number of guanidine groups is 1. The largest absolute Gasteiger partial charge is 0.378 e. The SMILES string of the molecule is CN=C(NC1CCN(C(=O)C(C)C)C1)NC1CC(C)(OC)C1(C)C. The predicted octanol–water partition coefficient (Wildman–Crippen LogP) is 1.61. The number of aliphatic imine (C=N–C) groups is 1. The standard InChI is InChI=1S/C18H34N4O2/c1-12(2)15(23)22-9-8-13(11-22)20-16(19-6)21-14-10-18(5,24-7)17(14,3)4/h12-14H,8-11H2,1-7H3,(H2,19,20,21). The number of rotatable bonds is 4. The number of nitrogens with one attached hydrogen (secondary N) is 2. The van der Waals surface area contributed by atoms with Crippen LogP contribution in [0.5, 0.6) is 0 Å². The Balaban J connectivity index is 1.88. The number of methoxy groups -OCH3 is 1. The highest BCUT2D eigenvalue weighted by Gasteiger charge is 2.58. The first kappa shape index (κ1) is 19.0. The highest BCUT2D eigenvalue weighted by molar-refractivity contribution is 5.81. The minimum Gasteiger partial charge on any atom is -0.378 e. The van der Waals surface area contributed by atoms with E-state index in [0.29, 0.717) is 6.04 Å². The van der Waals surface area contributed by atoms with Crippen LogP contribution in [0.15, 0.2) is 4.99 Å². The molecule has 3 atom stereocenters. The Labute approximate surface area is 146 Å². The van der Waals surface area contributed by atoms with Gasteiger partial charge in [0.25, 0.3) is 0 Å². The van der Waals surface area contributed by atoms with Crippen molar-refractivity contribution in [1.29, 1.82) is 0 Å². The van der Waals surface area contributed by atoms with E-state index in [9.17, 15) is 4.79 Å². The van der Waals surface area contributed by atoms with Gasteiger partial charge in [-0.05, 0) is 19.8 Å². The van der Waals surface area contributed by atoms with E-state index in [0.717, 1.165) is 31.9 Å². The lowest BCUT2D eigenvalue weighted by atomic mass is 9.56. The molecule has 2 rings (SSSR count). The highest BCUT2D eigenvalue weighted by Crippen LogP contribution is 2.51. The Morgan fingerprint density at radius 2 is 1.96 bits per heavy atom. The molecule has 2 N–H and O–H groups in total. The molecule has 0 spiro atoms. The lowest BCUT2D eigenvalue weighted by Gasteiger charge is -2.59. The minimum absolute atomic E-state index is 0.0364. The van der Waals surface area contributed by atoms with Crippen LogP contribution in [0.25, 0.3) is 0 Å². The van der Waals surface area contributed by atoms with Gasteiger partial charge in [-0.1, -0.05) is 27.7 Å². The number of amides is 1. The van der Waals surface area contributed by atoms with E-state index in [1.807, 2.05) is 18.7 Å². The Bertz CT molecular complexity index is 503. The molecule has 0 bridgehead atoms. The van der Waals surface area contributed by atoms with Crippen molar-refractivity contribution in [1.82, 2.24) is 15.5 Å². The van der Waals surface area contributed by atoms with E-state index in [1.165, 1.54) is 0 Å². The lowest BCUT2D eigenvalue weighted by molar-refractivity contribution is -0.176. The normalized spacial score (nSPS) is 32.7. The number of hydrogen-bond acceptors (Lipinski definition) is 3. The van der Waals surface area contributed by atoms with Gasteiger partial charge in [-0.2, -0.15) is 0 Å². The summed E-state index contributed by atoms with van der Waals surface area (Å²) in [4.78, 5) is 18.4. The third-order valence-corrected chi connectivity index (χ3v) is 6.15. The molecule has 1 aliphatic carbocycles. The first-order valence-corrected chi connectivity index (χ1v) is 8.98. The van der Waals surface area contributed by atoms with Gasteiger partial charge in [-0.3, -0.25) is 9.79 Å². The van der Waals surface area contributed by atoms with Crippen molar-refractivity contribution in [3.05, 3.63) is 0 Å². The zero-order valence-corrected chi connectivity index (χ0v) is 16.3. The summed E-state index contributed by atoms with van der Waals surface area (Å²) in [6.07, 6.45) is 1.92. The third-order valence-electron chi connectivity index (χ3n) is 6.15. The van der Waals surface area contributed by atoms with Crippen LogP contribution in [0.3, 0.4) is 0 Å². The molecular weight excluding hydrogens is 304 g/mol. The molecule has 6 heteroatoms. The van der Waals surface area contributed by atoms with Gasteiger partial charge in [0.15, 0.2) is 5.96 Å². The molecule has 0 aromatic heterocycles. The van der Waals surface area contributed by atoms with Crippen molar-refractivity contribution in [2.75, 3.05) is 27.2 Å². The fraction of sp³-hybridized carbons (Fsp3) is 0.889. The third kappa shape index (κ3) is 3.39. The first-order valence-electron chi connectivity index (χ1n) is 8.98. The molecule has 0 radical (unpaired) electrons. The van der Waals surface area contributed by atoms with Crippen molar-refractivity contribution in [2.45, 2.75) is 65.1 Å². The maximum Gasteiger partial charge on any atom is 0.225 e. The second-order valence-corrected chi connectivity index (χ2v) is 8.20. The van der Waals surface area contributed by atoms with Crippen LogP contribution >= 0.6 is 0 Å². The monoisotopic (exact) mass is 338 g/mol. The molecule has 1 saturated heterocycles. The maximum atomic E-state index is 12.1. The average Bonchev–Trinajstić information content (AvgIpc) is 3.00. The van der Waals surface area contributed by atoms with Crippen LogP contribution in [0.2, 0.25) is 0 Å². The summed E-state index contributed by atoms with van der Waals surface area (Å²) in [6, 6.07) is 0.583. The zero-order valence-electron chi connectivity index (χ0n) is 16.3. The lowest BCUT2D eigenvalue weighted by Crippen LogP contribution is -2.69. The predicted molar refractivity (Wildman–Crippen MR) is 97.1 cm³/mol. The van der Waals surface area contributed by atoms with Crippen molar-refractivity contribution < 1.29 is 9.53 Å². The summed E-state index contributed by atoms with van der Waals surface area (Å²) in [5.74, 6) is 1.11. The van der Waals surface area contributed by atoms with Crippen molar-refractivity contribution in [3.8, 4) is 0 Å². The van der Waals surface area contributed by atoms with Crippen LogP contribution < -0.4 is 10.6 Å². The molecule has 2 aliphatic rings. The van der Waals surface area contributed by atoms with Gasteiger partial charge in [0.05, 0.1) is 5.60 Å². The molecule has 0 aromatic carbocycles. The molecule has 1 heterocycles. The molecule has 1 amide bonds. The Morgan fingerprint density at radius 3 is 2.46 bits per heavy atom. The molecule has 1 aliphatic heterocycles. The Hall–Kier alpha value is -1.30. The Kier molecular flexibility index (Phi) is 5.47. The van der Waals surface area contributed by atoms with Crippen LogP contribution in [0.1, 0.15) is 47.5 Å². The topological polar surface area (TPSA) is 66.0 Å². The van der Waals surface area contributed by atoms with Gasteiger partial charge in [-0.25, -0.2) is 0 Å². The highest BCUT2D eigenvalue weighted by atomic mass is 16.5. The second kappa shape index (κ2) is 6.90. The second-order valence-electron chi connectivity index (χ2n) is 8.20. The molecule has 2 fully saturated rings. The molecule has 6 nitrogen and oxygen atoms in total. The van der Waals surface area contributed by atoms with Crippen LogP contribution in [-0.4, -0.2) is 61.7 Å². The van der Waals surface area contributed by atoms with E-state index >= 15 is 0 Å². The molecule has 24 heavy (non-hydrogen) atoms. The Morgan fingerprint density at radius 1 is 1.29 bits per heavy atom. The number of carbonyl (C=O) groups excluding carboxylic acids is 1. The van der Waals surface area contributed by atoms with Crippen LogP contribution in [-0.2, 0) is 9.53 Å². The van der Waals surface area contributed by atoms with Gasteiger partial charge < -0.3 is 20.3 Å². The summed E-state index contributed by atoms with van der Waals surface area (Å²) in [6.45, 7) is 12.1. The number of nitrogens with zero attached hydrogens (tertiary/aromatic N) is 2. The van der Waals surface area contributed by atoms with E-state index in [4.69, 9.17) is 4.74 Å². The van der Waals surface area contributed by atoms with Gasteiger partial charge >= 0.3 is 0 Å². The molecular formula is C18H34N4O2. The van der Waals surface area contributed by atoms with Crippen LogP contribution in [0, 0.1) is 11.3 Å². The fourth-order valence-corrected chi connectivity index (χ4v) is 3.70. The quantitative estimate of drug-likeness (QED) is 0.604. The first-order chi connectivity index (χ1) is 11.1. The summed E-state index contributed by atoms with van der Waals surface area (Å²) >= 11 is 0. The van der Waals surface area contributed by atoms with Crippen molar-refractivity contribution >= 4 is 11.9 Å². The maximum absolute atomic E-state index is 12.1. The molecule has 0 aromatic rings. The summed E-state index contributed by atoms with van der Waals surface area (Å²) in [5.41, 5.74) is -0.0634. The average molecular weight is 338 g/mol. The number of likely N-dealkylation sites (tertiary alicyclic amines) is 1. The van der Waals surface area contributed by atoms with E-state index in [2.05, 4.69) is 36.4 Å². The molecule has 3 unspecified atom stereocenters. The summed E-state index contributed by atoms with van der Waals surface area (Å²) < 4.78 is 5.69. The van der Waals surface area contributed by atoms with Gasteiger partial charge in [0, 0.05) is 50.7 Å². The molecule has 138 valence electrons. The van der Waals surface area contributed by atoms with Crippen LogP contribution in [0.4, 0.5) is 0 Å². The molecule has 1 saturated carbocycles.